The molecule has 8 heteroatoms. The summed E-state index contributed by atoms with van der Waals surface area (Å²) in [5.74, 6) is -0.347. The molecule has 2 aromatic carbocycles. The average Bonchev–Trinajstić information content (AvgIpc) is 3.09. The van der Waals surface area contributed by atoms with Crippen LogP contribution in [0.1, 0.15) is 48.3 Å². The minimum absolute atomic E-state index is 0.0244. The zero-order valence-corrected chi connectivity index (χ0v) is 17.3. The molecule has 4 N–H and O–H groups in total. The van der Waals surface area contributed by atoms with E-state index in [1.807, 2.05) is 48.5 Å². The molecule has 0 unspecified atom stereocenters. The van der Waals surface area contributed by atoms with Gasteiger partial charge >= 0.3 is 0 Å². The molecule has 0 aliphatic carbocycles. The topological polar surface area (TPSA) is 115 Å². The monoisotopic (exact) mass is 406 g/mol. The van der Waals surface area contributed by atoms with Crippen molar-refractivity contribution in [2.24, 2.45) is 0 Å². The first-order chi connectivity index (χ1) is 14.4. The fraction of sp³-hybridized carbons (Fsp3) is 0.273. The number of rotatable bonds is 7. The highest BCUT2D eigenvalue weighted by Crippen LogP contribution is 2.18. The Bertz CT molecular complexity index is 1020. The SMILES string of the molecule is CCc1ccc(NC(=O)c2nnn(CC(=O)Nc3ccc(C(C)C)cc3)c2N)cc1. The van der Waals surface area contributed by atoms with E-state index in [1.54, 1.807) is 0 Å². The summed E-state index contributed by atoms with van der Waals surface area (Å²) in [4.78, 5) is 24.8. The van der Waals surface area contributed by atoms with Gasteiger partial charge in [0.05, 0.1) is 0 Å². The summed E-state index contributed by atoms with van der Waals surface area (Å²) >= 11 is 0. The summed E-state index contributed by atoms with van der Waals surface area (Å²) < 4.78 is 1.20. The van der Waals surface area contributed by atoms with Crippen LogP contribution in [0.3, 0.4) is 0 Å². The van der Waals surface area contributed by atoms with Crippen molar-refractivity contribution >= 4 is 29.0 Å². The molecule has 3 rings (SSSR count). The maximum Gasteiger partial charge on any atom is 0.280 e. The summed E-state index contributed by atoms with van der Waals surface area (Å²) in [5.41, 5.74) is 9.64. The molecule has 3 aromatic rings. The Kier molecular flexibility index (Phi) is 6.46. The number of nitrogens with one attached hydrogen (secondary N) is 2. The molecular weight excluding hydrogens is 380 g/mol. The number of hydrogen-bond acceptors (Lipinski definition) is 5. The van der Waals surface area contributed by atoms with Crippen LogP contribution in [0.25, 0.3) is 0 Å². The predicted octanol–water partition coefficient (Wildman–Crippen LogP) is 3.44. The molecule has 156 valence electrons. The Balaban J connectivity index is 1.62. The fourth-order valence-electron chi connectivity index (χ4n) is 2.90. The molecule has 1 heterocycles. The zero-order chi connectivity index (χ0) is 21.7. The van der Waals surface area contributed by atoms with Gasteiger partial charge in [0.2, 0.25) is 5.91 Å². The first-order valence-electron chi connectivity index (χ1n) is 9.86. The summed E-state index contributed by atoms with van der Waals surface area (Å²) in [6, 6.07) is 15.1. The fourth-order valence-corrected chi connectivity index (χ4v) is 2.90. The molecule has 0 fully saturated rings. The molecule has 8 nitrogen and oxygen atoms in total. The summed E-state index contributed by atoms with van der Waals surface area (Å²) in [6.07, 6.45) is 0.916. The molecule has 0 saturated heterocycles. The Morgan fingerprint density at radius 1 is 1.00 bits per heavy atom. The third kappa shape index (κ3) is 5.02. The number of aryl methyl sites for hydroxylation is 1. The van der Waals surface area contributed by atoms with Gasteiger partial charge in [0, 0.05) is 11.4 Å². The number of carbonyl (C=O) groups is 2. The van der Waals surface area contributed by atoms with Crippen molar-refractivity contribution in [3.05, 3.63) is 65.4 Å². The van der Waals surface area contributed by atoms with Crippen molar-refractivity contribution in [3.8, 4) is 0 Å². The van der Waals surface area contributed by atoms with Crippen molar-refractivity contribution in [1.29, 1.82) is 0 Å². The van der Waals surface area contributed by atoms with Crippen LogP contribution in [0.4, 0.5) is 17.2 Å². The largest absolute Gasteiger partial charge is 0.382 e. The van der Waals surface area contributed by atoms with E-state index in [4.69, 9.17) is 5.73 Å². The number of nitrogens with two attached hydrogens (primary N) is 1. The molecule has 0 bridgehead atoms. The van der Waals surface area contributed by atoms with Gasteiger partial charge in [-0.15, -0.1) is 5.10 Å². The lowest BCUT2D eigenvalue weighted by Gasteiger charge is -2.09. The van der Waals surface area contributed by atoms with Crippen LogP contribution < -0.4 is 16.4 Å². The van der Waals surface area contributed by atoms with E-state index in [9.17, 15) is 9.59 Å². The lowest BCUT2D eigenvalue weighted by Crippen LogP contribution is -2.21. The van der Waals surface area contributed by atoms with Crippen molar-refractivity contribution in [2.45, 2.75) is 39.7 Å². The lowest BCUT2D eigenvalue weighted by atomic mass is 10.0. The van der Waals surface area contributed by atoms with Gasteiger partial charge in [-0.3, -0.25) is 9.59 Å². The number of carbonyl (C=O) groups excluding carboxylic acids is 2. The van der Waals surface area contributed by atoms with Gasteiger partial charge in [-0.05, 0) is 47.7 Å². The molecule has 2 amide bonds. The van der Waals surface area contributed by atoms with E-state index in [-0.39, 0.29) is 24.0 Å². The van der Waals surface area contributed by atoms with Crippen LogP contribution in [0.2, 0.25) is 0 Å². The highest BCUT2D eigenvalue weighted by Gasteiger charge is 2.19. The second-order valence-electron chi connectivity index (χ2n) is 7.31. The number of nitrogens with zero attached hydrogens (tertiary/aromatic N) is 3. The first-order valence-corrected chi connectivity index (χ1v) is 9.86. The van der Waals surface area contributed by atoms with Crippen molar-refractivity contribution in [1.82, 2.24) is 15.0 Å². The van der Waals surface area contributed by atoms with Crippen LogP contribution in [0.15, 0.2) is 48.5 Å². The molecule has 0 saturated carbocycles. The van der Waals surface area contributed by atoms with Crippen molar-refractivity contribution in [3.63, 3.8) is 0 Å². The number of aromatic nitrogens is 3. The van der Waals surface area contributed by atoms with E-state index in [1.165, 1.54) is 15.8 Å². The quantitative estimate of drug-likeness (QED) is 0.556. The first kappa shape index (κ1) is 21.0. The summed E-state index contributed by atoms with van der Waals surface area (Å²) in [5, 5.41) is 13.2. The van der Waals surface area contributed by atoms with E-state index < -0.39 is 5.91 Å². The second kappa shape index (κ2) is 9.21. The van der Waals surface area contributed by atoms with Crippen LogP contribution in [-0.4, -0.2) is 26.8 Å². The molecule has 0 atom stereocenters. The number of nitrogen functional groups attached to an aromatic ring is 1. The van der Waals surface area contributed by atoms with Crippen molar-refractivity contribution in [2.75, 3.05) is 16.4 Å². The van der Waals surface area contributed by atoms with E-state index in [0.29, 0.717) is 17.3 Å². The van der Waals surface area contributed by atoms with Gasteiger partial charge in [-0.1, -0.05) is 50.3 Å². The molecule has 30 heavy (non-hydrogen) atoms. The van der Waals surface area contributed by atoms with Crippen LogP contribution in [0.5, 0.6) is 0 Å². The third-order valence-electron chi connectivity index (χ3n) is 4.76. The minimum Gasteiger partial charge on any atom is -0.382 e. The Morgan fingerprint density at radius 3 is 2.20 bits per heavy atom. The molecule has 1 aromatic heterocycles. The van der Waals surface area contributed by atoms with Gasteiger partial charge in [0.15, 0.2) is 11.5 Å². The maximum absolute atomic E-state index is 12.5. The average molecular weight is 406 g/mol. The molecule has 0 aliphatic rings. The number of anilines is 3. The van der Waals surface area contributed by atoms with Crippen LogP contribution in [-0.2, 0) is 17.8 Å². The second-order valence-corrected chi connectivity index (χ2v) is 7.31. The zero-order valence-electron chi connectivity index (χ0n) is 17.3. The highest BCUT2D eigenvalue weighted by molar-refractivity contribution is 6.05. The number of amides is 2. The molecule has 0 spiro atoms. The van der Waals surface area contributed by atoms with Crippen molar-refractivity contribution < 1.29 is 9.59 Å². The number of benzene rings is 2. The van der Waals surface area contributed by atoms with Crippen LogP contribution in [0, 0.1) is 0 Å². The Labute approximate surface area is 175 Å². The Hall–Kier alpha value is -3.68. The number of hydrogen-bond donors (Lipinski definition) is 3. The Morgan fingerprint density at radius 2 is 1.60 bits per heavy atom. The van der Waals surface area contributed by atoms with Gasteiger partial charge < -0.3 is 16.4 Å². The van der Waals surface area contributed by atoms with E-state index >= 15 is 0 Å². The highest BCUT2D eigenvalue weighted by atomic mass is 16.2. The third-order valence-corrected chi connectivity index (χ3v) is 4.76. The summed E-state index contributed by atoms with van der Waals surface area (Å²) in [7, 11) is 0. The minimum atomic E-state index is -0.479. The van der Waals surface area contributed by atoms with Gasteiger partial charge in [0.1, 0.15) is 6.54 Å². The van der Waals surface area contributed by atoms with Gasteiger partial charge in [-0.2, -0.15) is 0 Å². The van der Waals surface area contributed by atoms with Gasteiger partial charge in [-0.25, -0.2) is 4.68 Å². The van der Waals surface area contributed by atoms with Gasteiger partial charge in [0.25, 0.3) is 5.91 Å². The lowest BCUT2D eigenvalue weighted by molar-refractivity contribution is -0.116. The van der Waals surface area contributed by atoms with E-state index in [0.717, 1.165) is 6.42 Å². The van der Waals surface area contributed by atoms with E-state index in [2.05, 4.69) is 41.7 Å². The molecule has 0 radical (unpaired) electrons. The molecular formula is C22H26N6O2. The van der Waals surface area contributed by atoms with Crippen LogP contribution >= 0.6 is 0 Å². The molecule has 0 aliphatic heterocycles. The normalized spacial score (nSPS) is 10.8. The summed E-state index contributed by atoms with van der Waals surface area (Å²) in [6.45, 7) is 6.12. The standard InChI is InChI=1S/C22H26N6O2/c1-4-15-5-9-18(10-6-15)25-22(30)20-21(23)28(27-26-20)13-19(29)24-17-11-7-16(8-12-17)14(2)3/h5-12,14H,4,13,23H2,1-3H3,(H,24,29)(H,25,30). The maximum atomic E-state index is 12.5. The predicted molar refractivity (Wildman–Crippen MR) is 117 cm³/mol. The smallest absolute Gasteiger partial charge is 0.280 e.